The number of nitrogens with one attached hydrogen (secondary N) is 2. The van der Waals surface area contributed by atoms with Crippen LogP contribution in [0.5, 0.6) is 0 Å². The summed E-state index contributed by atoms with van der Waals surface area (Å²) in [5, 5.41) is 3.25. The number of hydrogen-bond donors (Lipinski definition) is 2. The Kier molecular flexibility index (Phi) is 4.53. The zero-order valence-corrected chi connectivity index (χ0v) is 12.0. The third-order valence-electron chi connectivity index (χ3n) is 2.93. The van der Waals surface area contributed by atoms with E-state index < -0.39 is 10.0 Å². The molecule has 0 aromatic heterocycles. The van der Waals surface area contributed by atoms with Gasteiger partial charge in [-0.1, -0.05) is 6.07 Å². The molecular weight excluding hydrogens is 268 g/mol. The molecule has 1 aromatic rings. The molecule has 2 N–H and O–H groups in total. The molecule has 0 unspecified atom stereocenters. The average molecular weight is 286 g/mol. The highest BCUT2D eigenvalue weighted by Crippen LogP contribution is 2.24. The molecule has 0 aliphatic carbocycles. The standard InChI is InChI=1S/C12H18N2O2S2/c1-17-8-7-14-18(15,16)11-5-4-10-3-2-6-13-12(10)9-11/h4-5,9,13-14H,2-3,6-8H2,1H3. The van der Waals surface area contributed by atoms with Crippen LogP contribution in [-0.2, 0) is 16.4 Å². The fourth-order valence-electron chi connectivity index (χ4n) is 1.97. The molecule has 100 valence electrons. The molecule has 1 aliphatic rings. The van der Waals surface area contributed by atoms with Gasteiger partial charge < -0.3 is 5.32 Å². The van der Waals surface area contributed by atoms with Crippen LogP contribution in [0, 0.1) is 0 Å². The van der Waals surface area contributed by atoms with E-state index in [1.54, 1.807) is 23.9 Å². The normalized spacial score (nSPS) is 14.9. The minimum atomic E-state index is -3.37. The van der Waals surface area contributed by atoms with Crippen LogP contribution in [0.2, 0.25) is 0 Å². The van der Waals surface area contributed by atoms with Crippen molar-refractivity contribution in [1.29, 1.82) is 0 Å². The molecule has 6 heteroatoms. The van der Waals surface area contributed by atoms with Crippen LogP contribution < -0.4 is 10.0 Å². The van der Waals surface area contributed by atoms with Gasteiger partial charge in [-0.15, -0.1) is 0 Å². The molecule has 1 aromatic carbocycles. The Hall–Kier alpha value is -0.720. The molecular formula is C12H18N2O2S2. The summed E-state index contributed by atoms with van der Waals surface area (Å²) < 4.78 is 26.7. The number of aryl methyl sites for hydroxylation is 1. The maximum absolute atomic E-state index is 12.0. The van der Waals surface area contributed by atoms with Gasteiger partial charge in [0.2, 0.25) is 10.0 Å². The van der Waals surface area contributed by atoms with Gasteiger partial charge in [0, 0.05) is 24.5 Å². The number of benzene rings is 1. The number of anilines is 1. The van der Waals surface area contributed by atoms with Crippen molar-refractivity contribution in [2.45, 2.75) is 17.7 Å². The van der Waals surface area contributed by atoms with E-state index in [0.29, 0.717) is 11.4 Å². The first-order chi connectivity index (χ1) is 8.63. The van der Waals surface area contributed by atoms with Gasteiger partial charge in [0.25, 0.3) is 0 Å². The number of thioether (sulfide) groups is 1. The second kappa shape index (κ2) is 5.95. The van der Waals surface area contributed by atoms with Crippen molar-refractivity contribution in [3.05, 3.63) is 23.8 Å². The van der Waals surface area contributed by atoms with Gasteiger partial charge >= 0.3 is 0 Å². The SMILES string of the molecule is CSCCNS(=O)(=O)c1ccc2c(c1)NCCC2. The van der Waals surface area contributed by atoms with Gasteiger partial charge in [-0.25, -0.2) is 13.1 Å². The number of sulfonamides is 1. The van der Waals surface area contributed by atoms with Gasteiger partial charge in [0.15, 0.2) is 0 Å². The Balaban J connectivity index is 2.17. The molecule has 2 rings (SSSR count). The molecule has 0 saturated heterocycles. The highest BCUT2D eigenvalue weighted by Gasteiger charge is 2.16. The lowest BCUT2D eigenvalue weighted by atomic mass is 10.0. The average Bonchev–Trinajstić information content (AvgIpc) is 2.38. The topological polar surface area (TPSA) is 58.2 Å². The molecule has 1 heterocycles. The Morgan fingerprint density at radius 2 is 2.28 bits per heavy atom. The van der Waals surface area contributed by atoms with Crippen molar-refractivity contribution in [2.24, 2.45) is 0 Å². The Bertz CT molecular complexity index is 515. The van der Waals surface area contributed by atoms with E-state index in [9.17, 15) is 8.42 Å². The van der Waals surface area contributed by atoms with Crippen molar-refractivity contribution in [3.8, 4) is 0 Å². The first-order valence-electron chi connectivity index (χ1n) is 5.99. The van der Waals surface area contributed by atoms with Crippen LogP contribution in [0.3, 0.4) is 0 Å². The van der Waals surface area contributed by atoms with Crippen LogP contribution in [0.15, 0.2) is 23.1 Å². The zero-order chi connectivity index (χ0) is 13.0. The molecule has 0 saturated carbocycles. The molecule has 4 nitrogen and oxygen atoms in total. The van der Waals surface area contributed by atoms with E-state index in [0.717, 1.165) is 30.8 Å². The summed E-state index contributed by atoms with van der Waals surface area (Å²) in [5.41, 5.74) is 2.15. The largest absolute Gasteiger partial charge is 0.385 e. The van der Waals surface area contributed by atoms with Crippen LogP contribution in [0.4, 0.5) is 5.69 Å². The molecule has 0 spiro atoms. The van der Waals surface area contributed by atoms with E-state index in [4.69, 9.17) is 0 Å². The van der Waals surface area contributed by atoms with Gasteiger partial charge in [0.1, 0.15) is 0 Å². The molecule has 0 bridgehead atoms. The third-order valence-corrected chi connectivity index (χ3v) is 5.00. The maximum Gasteiger partial charge on any atom is 0.240 e. The fourth-order valence-corrected chi connectivity index (χ4v) is 3.46. The van der Waals surface area contributed by atoms with Crippen molar-refractivity contribution in [3.63, 3.8) is 0 Å². The lowest BCUT2D eigenvalue weighted by molar-refractivity contribution is 0.584. The van der Waals surface area contributed by atoms with Crippen LogP contribution in [0.1, 0.15) is 12.0 Å². The van der Waals surface area contributed by atoms with E-state index in [2.05, 4.69) is 10.0 Å². The van der Waals surface area contributed by atoms with Gasteiger partial charge in [-0.05, 0) is 36.8 Å². The molecule has 1 aliphatic heterocycles. The summed E-state index contributed by atoms with van der Waals surface area (Å²) in [4.78, 5) is 0.344. The fraction of sp³-hybridized carbons (Fsp3) is 0.500. The third kappa shape index (κ3) is 3.18. The Morgan fingerprint density at radius 3 is 3.06 bits per heavy atom. The number of fused-ring (bicyclic) bond motifs is 1. The second-order valence-corrected chi connectivity index (χ2v) is 6.99. The van der Waals surface area contributed by atoms with E-state index in [1.807, 2.05) is 12.3 Å². The number of hydrogen-bond acceptors (Lipinski definition) is 4. The summed E-state index contributed by atoms with van der Waals surface area (Å²) in [5.74, 6) is 0.780. The number of rotatable bonds is 5. The predicted molar refractivity (Wildman–Crippen MR) is 76.8 cm³/mol. The van der Waals surface area contributed by atoms with E-state index in [-0.39, 0.29) is 0 Å². The highest BCUT2D eigenvalue weighted by molar-refractivity contribution is 7.98. The van der Waals surface area contributed by atoms with Gasteiger partial charge in [-0.2, -0.15) is 11.8 Å². The summed E-state index contributed by atoms with van der Waals surface area (Å²) in [7, 11) is -3.37. The Labute approximate surface area is 113 Å². The Morgan fingerprint density at radius 1 is 1.44 bits per heavy atom. The molecule has 0 radical (unpaired) electrons. The van der Waals surface area contributed by atoms with Crippen molar-refractivity contribution >= 4 is 27.5 Å². The highest BCUT2D eigenvalue weighted by atomic mass is 32.2. The lowest BCUT2D eigenvalue weighted by Crippen LogP contribution is -2.26. The van der Waals surface area contributed by atoms with Crippen molar-refractivity contribution in [1.82, 2.24) is 4.72 Å². The van der Waals surface area contributed by atoms with Gasteiger partial charge in [-0.3, -0.25) is 0 Å². The lowest BCUT2D eigenvalue weighted by Gasteiger charge is -2.18. The minimum Gasteiger partial charge on any atom is -0.385 e. The van der Waals surface area contributed by atoms with Crippen LogP contribution in [-0.4, -0.2) is 33.5 Å². The molecule has 0 amide bonds. The quantitative estimate of drug-likeness (QED) is 0.809. The zero-order valence-electron chi connectivity index (χ0n) is 10.4. The van der Waals surface area contributed by atoms with Gasteiger partial charge in [0.05, 0.1) is 4.90 Å². The summed E-state index contributed by atoms with van der Waals surface area (Å²) in [6.07, 6.45) is 4.07. The first-order valence-corrected chi connectivity index (χ1v) is 8.86. The van der Waals surface area contributed by atoms with E-state index in [1.165, 1.54) is 5.56 Å². The summed E-state index contributed by atoms with van der Waals surface area (Å²) >= 11 is 1.62. The van der Waals surface area contributed by atoms with E-state index >= 15 is 0 Å². The minimum absolute atomic E-state index is 0.344. The van der Waals surface area contributed by atoms with Crippen molar-refractivity contribution in [2.75, 3.05) is 30.4 Å². The summed E-state index contributed by atoms with van der Waals surface area (Å²) in [6, 6.07) is 5.33. The van der Waals surface area contributed by atoms with Crippen molar-refractivity contribution < 1.29 is 8.42 Å². The molecule has 0 fully saturated rings. The molecule has 18 heavy (non-hydrogen) atoms. The predicted octanol–water partition coefficient (Wildman–Crippen LogP) is 1.69. The maximum atomic E-state index is 12.0. The second-order valence-electron chi connectivity index (χ2n) is 4.24. The monoisotopic (exact) mass is 286 g/mol. The van der Waals surface area contributed by atoms with Crippen LogP contribution >= 0.6 is 11.8 Å². The summed E-state index contributed by atoms with van der Waals surface area (Å²) in [6.45, 7) is 1.38. The molecule has 0 atom stereocenters. The smallest absolute Gasteiger partial charge is 0.240 e. The van der Waals surface area contributed by atoms with Crippen LogP contribution in [0.25, 0.3) is 0 Å². The first kappa shape index (κ1) is 13.7.